The highest BCUT2D eigenvalue weighted by Crippen LogP contribution is 2.35. The number of carbonyl (C=O) groups excluding carboxylic acids is 4. The molecule has 1 aliphatic heterocycles. The molecule has 2 aromatic carbocycles. The van der Waals surface area contributed by atoms with Crippen LogP contribution in [0.5, 0.6) is 5.75 Å². The summed E-state index contributed by atoms with van der Waals surface area (Å²) in [5.41, 5.74) is 4.31. The molecule has 3 N–H and O–H groups in total. The van der Waals surface area contributed by atoms with Crippen LogP contribution in [0.2, 0.25) is 10.0 Å². The molecule has 0 radical (unpaired) electrons. The van der Waals surface area contributed by atoms with Gasteiger partial charge in [0, 0.05) is 12.1 Å². The summed E-state index contributed by atoms with van der Waals surface area (Å²) in [6.07, 6.45) is 1.13. The largest absolute Gasteiger partial charge is 0.481 e. The van der Waals surface area contributed by atoms with Gasteiger partial charge in [-0.15, -0.1) is 0 Å². The molecule has 2 aromatic rings. The number of imide groups is 2. The lowest BCUT2D eigenvalue weighted by Gasteiger charge is -2.26. The lowest BCUT2D eigenvalue weighted by molar-refractivity contribution is -0.384. The van der Waals surface area contributed by atoms with Gasteiger partial charge in [-0.2, -0.15) is 0 Å². The molecule has 0 atom stereocenters. The van der Waals surface area contributed by atoms with Gasteiger partial charge >= 0.3 is 6.03 Å². The van der Waals surface area contributed by atoms with E-state index in [1.54, 1.807) is 0 Å². The molecule has 0 unspecified atom stereocenters. The van der Waals surface area contributed by atoms with Crippen molar-refractivity contribution in [1.29, 1.82) is 0 Å². The Morgan fingerprint density at radius 1 is 1.19 bits per heavy atom. The Balaban J connectivity index is 1.98. The summed E-state index contributed by atoms with van der Waals surface area (Å²) >= 11 is 12.2. The zero-order chi connectivity index (χ0) is 23.6. The molecule has 1 fully saturated rings. The predicted octanol–water partition coefficient (Wildman–Crippen LogP) is 2.43. The van der Waals surface area contributed by atoms with Gasteiger partial charge in [0.2, 0.25) is 0 Å². The van der Waals surface area contributed by atoms with Crippen molar-refractivity contribution >= 4 is 64.4 Å². The van der Waals surface area contributed by atoms with E-state index in [9.17, 15) is 29.3 Å². The Hall–Kier alpha value is -3.96. The van der Waals surface area contributed by atoms with Crippen LogP contribution < -0.4 is 20.7 Å². The highest BCUT2D eigenvalue weighted by Gasteiger charge is 2.37. The van der Waals surface area contributed by atoms with E-state index in [1.807, 2.05) is 5.32 Å². The second kappa shape index (κ2) is 9.04. The number of rotatable bonds is 6. The molecule has 164 valence electrons. The van der Waals surface area contributed by atoms with Crippen molar-refractivity contribution in [3.8, 4) is 5.75 Å². The van der Waals surface area contributed by atoms with Crippen LogP contribution in [0.15, 0.2) is 42.0 Å². The minimum Gasteiger partial charge on any atom is -0.481 e. The number of benzene rings is 2. The maximum atomic E-state index is 12.9. The summed E-state index contributed by atoms with van der Waals surface area (Å²) in [7, 11) is 0. The summed E-state index contributed by atoms with van der Waals surface area (Å²) in [5, 5.41) is 13.0. The average molecular weight is 479 g/mol. The second-order valence-corrected chi connectivity index (χ2v) is 7.12. The van der Waals surface area contributed by atoms with Crippen LogP contribution in [0, 0.1) is 10.1 Å². The van der Waals surface area contributed by atoms with Gasteiger partial charge in [0.15, 0.2) is 12.4 Å². The average Bonchev–Trinajstić information content (AvgIpc) is 2.70. The quantitative estimate of drug-likeness (QED) is 0.278. The SMILES string of the molecule is NC(=O)COc1c(Cl)cc(/C=C2\C(=O)NC(=O)N(c3cccc([N+](=O)[O-])c3)C2=O)cc1Cl. The lowest BCUT2D eigenvalue weighted by atomic mass is 10.1. The van der Waals surface area contributed by atoms with E-state index in [1.165, 1.54) is 30.3 Å². The van der Waals surface area contributed by atoms with E-state index in [0.717, 1.165) is 12.1 Å². The first kappa shape index (κ1) is 22.7. The minimum atomic E-state index is -1.07. The van der Waals surface area contributed by atoms with Gasteiger partial charge in [0.25, 0.3) is 23.4 Å². The normalized spacial score (nSPS) is 15.0. The zero-order valence-corrected chi connectivity index (χ0v) is 17.3. The fourth-order valence-electron chi connectivity index (χ4n) is 2.75. The van der Waals surface area contributed by atoms with Crippen LogP contribution in [0.3, 0.4) is 0 Å². The molecule has 0 aliphatic carbocycles. The molecule has 13 heteroatoms. The monoisotopic (exact) mass is 478 g/mol. The molecule has 0 spiro atoms. The fourth-order valence-corrected chi connectivity index (χ4v) is 3.36. The topological polar surface area (TPSA) is 162 Å². The standard InChI is InChI=1S/C19H12Cl2N4O7/c20-13-5-9(6-14(21)16(13)32-8-15(22)26)4-12-17(27)23-19(29)24(18(12)28)10-2-1-3-11(7-10)25(30)31/h1-7H,8H2,(H2,22,26)(H,23,27,29)/b12-4+. The van der Waals surface area contributed by atoms with E-state index < -0.39 is 40.9 Å². The first-order valence-corrected chi connectivity index (χ1v) is 9.40. The van der Waals surface area contributed by atoms with E-state index in [4.69, 9.17) is 33.7 Å². The number of halogens is 2. The smallest absolute Gasteiger partial charge is 0.335 e. The molecule has 0 aromatic heterocycles. The molecular formula is C19H12Cl2N4O7. The maximum Gasteiger partial charge on any atom is 0.335 e. The van der Waals surface area contributed by atoms with Crippen molar-refractivity contribution < 1.29 is 28.8 Å². The molecule has 3 rings (SSSR count). The number of nitro benzene ring substituents is 1. The number of hydrogen-bond acceptors (Lipinski definition) is 7. The number of non-ortho nitro benzene ring substituents is 1. The molecule has 11 nitrogen and oxygen atoms in total. The molecule has 32 heavy (non-hydrogen) atoms. The van der Waals surface area contributed by atoms with Gasteiger partial charge in [-0.1, -0.05) is 29.3 Å². The van der Waals surface area contributed by atoms with Crippen molar-refractivity contribution in [2.24, 2.45) is 5.73 Å². The number of nitro groups is 1. The first-order chi connectivity index (χ1) is 15.1. The number of nitrogens with zero attached hydrogens (tertiary/aromatic N) is 2. The minimum absolute atomic E-state index is 0.0258. The third-order valence-electron chi connectivity index (χ3n) is 4.09. The third kappa shape index (κ3) is 4.68. The summed E-state index contributed by atoms with van der Waals surface area (Å²) in [6, 6.07) is 6.35. The molecule has 1 heterocycles. The summed E-state index contributed by atoms with van der Waals surface area (Å²) in [6.45, 7) is -0.471. The van der Waals surface area contributed by atoms with Gasteiger partial charge in [0.05, 0.1) is 20.7 Å². The van der Waals surface area contributed by atoms with Crippen molar-refractivity contribution in [2.45, 2.75) is 0 Å². The second-order valence-electron chi connectivity index (χ2n) is 6.30. The maximum absolute atomic E-state index is 12.9. The van der Waals surface area contributed by atoms with E-state index in [-0.39, 0.29) is 32.7 Å². The summed E-state index contributed by atoms with van der Waals surface area (Å²) < 4.78 is 5.12. The van der Waals surface area contributed by atoms with Crippen LogP contribution in [-0.4, -0.2) is 35.3 Å². The molecular weight excluding hydrogens is 467 g/mol. The number of urea groups is 1. The molecule has 0 bridgehead atoms. The summed E-state index contributed by atoms with van der Waals surface area (Å²) in [4.78, 5) is 59.2. The Morgan fingerprint density at radius 2 is 1.84 bits per heavy atom. The summed E-state index contributed by atoms with van der Waals surface area (Å²) in [5.74, 6) is -2.77. The van der Waals surface area contributed by atoms with Crippen molar-refractivity contribution in [3.05, 3.63) is 67.7 Å². The van der Waals surface area contributed by atoms with Crippen LogP contribution in [0.25, 0.3) is 6.08 Å². The molecule has 1 aliphatic rings. The number of barbiturate groups is 1. The van der Waals surface area contributed by atoms with Crippen molar-refractivity contribution in [2.75, 3.05) is 11.5 Å². The number of carbonyl (C=O) groups is 4. The van der Waals surface area contributed by atoms with Gasteiger partial charge in [-0.3, -0.25) is 29.8 Å². The highest BCUT2D eigenvalue weighted by atomic mass is 35.5. The number of nitrogens with two attached hydrogens (primary N) is 1. The number of hydrogen-bond donors (Lipinski definition) is 2. The van der Waals surface area contributed by atoms with Crippen molar-refractivity contribution in [3.63, 3.8) is 0 Å². The Labute approximate surface area is 189 Å². The lowest BCUT2D eigenvalue weighted by Crippen LogP contribution is -2.54. The van der Waals surface area contributed by atoms with Gasteiger partial charge in [0.1, 0.15) is 5.57 Å². The molecule has 5 amide bonds. The van der Waals surface area contributed by atoms with E-state index in [0.29, 0.717) is 4.90 Å². The van der Waals surface area contributed by atoms with E-state index >= 15 is 0 Å². The number of nitrogens with one attached hydrogen (secondary N) is 1. The Kier molecular flexibility index (Phi) is 6.42. The Bertz CT molecular complexity index is 1190. The highest BCUT2D eigenvalue weighted by molar-refractivity contribution is 6.40. The zero-order valence-electron chi connectivity index (χ0n) is 15.8. The third-order valence-corrected chi connectivity index (χ3v) is 4.65. The number of anilines is 1. The predicted molar refractivity (Wildman–Crippen MR) is 113 cm³/mol. The number of ether oxygens (including phenoxy) is 1. The van der Waals surface area contributed by atoms with Gasteiger partial charge in [-0.05, 0) is 29.8 Å². The van der Waals surface area contributed by atoms with Gasteiger partial charge in [-0.25, -0.2) is 9.69 Å². The fraction of sp³-hybridized carbons (Fsp3) is 0.0526. The molecule has 1 saturated heterocycles. The number of amides is 5. The van der Waals surface area contributed by atoms with Crippen molar-refractivity contribution in [1.82, 2.24) is 5.32 Å². The van der Waals surface area contributed by atoms with Crippen LogP contribution in [-0.2, 0) is 14.4 Å². The van der Waals surface area contributed by atoms with Crippen LogP contribution in [0.1, 0.15) is 5.56 Å². The van der Waals surface area contributed by atoms with Gasteiger partial charge < -0.3 is 10.5 Å². The first-order valence-electron chi connectivity index (χ1n) is 8.64. The molecule has 0 saturated carbocycles. The number of primary amides is 1. The van der Waals surface area contributed by atoms with Crippen LogP contribution in [0.4, 0.5) is 16.2 Å². The van der Waals surface area contributed by atoms with E-state index in [2.05, 4.69) is 0 Å². The van der Waals surface area contributed by atoms with Crippen LogP contribution >= 0.6 is 23.2 Å². The Morgan fingerprint density at radius 3 is 2.44 bits per heavy atom.